The average Bonchev–Trinajstić information content (AvgIpc) is 2.66. The molecule has 1 N–H and O–H groups in total. The molecule has 0 unspecified atom stereocenters. The lowest BCUT2D eigenvalue weighted by atomic mass is 10.3. The van der Waals surface area contributed by atoms with E-state index in [4.69, 9.17) is 5.11 Å². The Bertz CT molecular complexity index is 650. The zero-order valence-corrected chi connectivity index (χ0v) is 15.8. The van der Waals surface area contributed by atoms with Crippen molar-refractivity contribution in [3.8, 4) is 5.69 Å². The molecule has 1 heterocycles. The molecule has 1 aromatic heterocycles. The van der Waals surface area contributed by atoms with Crippen LogP contribution in [0.3, 0.4) is 0 Å². The van der Waals surface area contributed by atoms with E-state index in [-0.39, 0.29) is 5.75 Å². The average molecular weight is 485 g/mol. The van der Waals surface area contributed by atoms with Gasteiger partial charge in [-0.25, -0.2) is 4.98 Å². The van der Waals surface area contributed by atoms with E-state index < -0.39 is 5.97 Å². The quantitative estimate of drug-likeness (QED) is 0.642. The number of hydrogen-bond acceptors (Lipinski definition) is 3. The Balaban J connectivity index is 2.50. The van der Waals surface area contributed by atoms with Gasteiger partial charge in [-0.05, 0) is 50.9 Å². The van der Waals surface area contributed by atoms with E-state index in [9.17, 15) is 4.79 Å². The molecule has 0 saturated heterocycles. The summed E-state index contributed by atoms with van der Waals surface area (Å²) >= 11 is 11.7. The van der Waals surface area contributed by atoms with Crippen LogP contribution in [-0.4, -0.2) is 26.4 Å². The third kappa shape index (κ3) is 3.66. The van der Waals surface area contributed by atoms with Crippen molar-refractivity contribution >= 4 is 65.5 Å². The number of aryl methyl sites for hydroxylation is 1. The van der Waals surface area contributed by atoms with Gasteiger partial charge >= 0.3 is 5.97 Å². The van der Waals surface area contributed by atoms with Gasteiger partial charge in [-0.3, -0.25) is 9.36 Å². The van der Waals surface area contributed by atoms with Gasteiger partial charge in [0.05, 0.1) is 17.1 Å². The SMILES string of the molecule is Cc1cn(-c2c(Br)cc(Br)cc2Br)c(SCC(=O)O)n1. The van der Waals surface area contributed by atoms with E-state index in [0.717, 1.165) is 24.8 Å². The van der Waals surface area contributed by atoms with Gasteiger partial charge in [0.15, 0.2) is 5.16 Å². The van der Waals surface area contributed by atoms with Crippen molar-refractivity contribution in [3.63, 3.8) is 0 Å². The van der Waals surface area contributed by atoms with Crippen LogP contribution >= 0.6 is 59.6 Å². The zero-order valence-electron chi connectivity index (χ0n) is 10.2. The molecule has 0 aliphatic rings. The second kappa shape index (κ2) is 6.64. The van der Waals surface area contributed by atoms with Crippen LogP contribution in [0.4, 0.5) is 0 Å². The molecule has 2 aromatic rings. The smallest absolute Gasteiger partial charge is 0.313 e. The summed E-state index contributed by atoms with van der Waals surface area (Å²) in [5, 5.41) is 9.45. The van der Waals surface area contributed by atoms with E-state index in [1.54, 1.807) is 0 Å². The van der Waals surface area contributed by atoms with Crippen molar-refractivity contribution in [1.29, 1.82) is 0 Å². The highest BCUT2D eigenvalue weighted by atomic mass is 79.9. The number of imidazole rings is 1. The lowest BCUT2D eigenvalue weighted by molar-refractivity contribution is -0.133. The number of carboxylic acids is 1. The van der Waals surface area contributed by atoms with Crippen molar-refractivity contribution in [2.24, 2.45) is 0 Å². The van der Waals surface area contributed by atoms with E-state index in [1.165, 1.54) is 11.8 Å². The molecule has 106 valence electrons. The molecule has 0 spiro atoms. The van der Waals surface area contributed by atoms with Gasteiger partial charge < -0.3 is 5.11 Å². The van der Waals surface area contributed by atoms with Crippen molar-refractivity contribution in [3.05, 3.63) is 37.4 Å². The molecular formula is C12H9Br3N2O2S. The summed E-state index contributed by atoms with van der Waals surface area (Å²) in [6.07, 6.45) is 1.88. The van der Waals surface area contributed by atoms with Crippen LogP contribution < -0.4 is 0 Å². The Hall–Kier alpha value is -0.310. The normalized spacial score (nSPS) is 10.8. The fourth-order valence-corrected chi connectivity index (χ4v) is 5.01. The minimum Gasteiger partial charge on any atom is -0.481 e. The summed E-state index contributed by atoms with van der Waals surface area (Å²) in [6.45, 7) is 1.88. The van der Waals surface area contributed by atoms with Gasteiger partial charge in [-0.2, -0.15) is 0 Å². The van der Waals surface area contributed by atoms with Gasteiger partial charge in [0, 0.05) is 19.6 Å². The summed E-state index contributed by atoms with van der Waals surface area (Å²) in [5.74, 6) is -0.890. The Labute approximate surface area is 145 Å². The summed E-state index contributed by atoms with van der Waals surface area (Å²) in [4.78, 5) is 15.1. The van der Waals surface area contributed by atoms with Crippen LogP contribution in [-0.2, 0) is 4.79 Å². The number of rotatable bonds is 4. The topological polar surface area (TPSA) is 55.1 Å². The number of aliphatic carboxylic acids is 1. The fourth-order valence-electron chi connectivity index (χ4n) is 1.63. The lowest BCUT2D eigenvalue weighted by Crippen LogP contribution is -2.02. The maximum atomic E-state index is 10.7. The molecule has 0 bridgehead atoms. The molecule has 0 amide bonds. The summed E-state index contributed by atoms with van der Waals surface area (Å²) in [5.41, 5.74) is 1.72. The third-order valence-electron chi connectivity index (χ3n) is 2.34. The molecule has 0 saturated carbocycles. The van der Waals surface area contributed by atoms with Crippen LogP contribution in [0.1, 0.15) is 5.69 Å². The predicted molar refractivity (Wildman–Crippen MR) is 89.8 cm³/mol. The number of benzene rings is 1. The molecule has 0 fully saturated rings. The Kier molecular flexibility index (Phi) is 5.33. The van der Waals surface area contributed by atoms with Gasteiger partial charge in [-0.15, -0.1) is 0 Å². The standard InChI is InChI=1S/C12H9Br3N2O2S/c1-6-4-17(12(16-6)20-5-10(18)19)11-8(14)2-7(13)3-9(11)15/h2-4H,5H2,1H3,(H,18,19). The molecule has 0 radical (unpaired) electrons. The Morgan fingerprint density at radius 2 is 1.95 bits per heavy atom. The van der Waals surface area contributed by atoms with E-state index in [2.05, 4.69) is 52.8 Å². The van der Waals surface area contributed by atoms with E-state index in [1.807, 2.05) is 29.8 Å². The molecular weight excluding hydrogens is 476 g/mol. The number of carbonyl (C=O) groups is 1. The summed E-state index contributed by atoms with van der Waals surface area (Å²) in [7, 11) is 0. The van der Waals surface area contributed by atoms with Crippen molar-refractivity contribution in [2.75, 3.05) is 5.75 Å². The molecule has 2 rings (SSSR count). The highest BCUT2D eigenvalue weighted by Crippen LogP contribution is 2.35. The van der Waals surface area contributed by atoms with Crippen molar-refractivity contribution in [2.45, 2.75) is 12.1 Å². The zero-order chi connectivity index (χ0) is 14.9. The summed E-state index contributed by atoms with van der Waals surface area (Å²) < 4.78 is 4.59. The minimum atomic E-state index is -0.865. The van der Waals surface area contributed by atoms with Crippen LogP contribution in [0.2, 0.25) is 0 Å². The first-order valence-electron chi connectivity index (χ1n) is 5.44. The fraction of sp³-hybridized carbons (Fsp3) is 0.167. The van der Waals surface area contributed by atoms with E-state index >= 15 is 0 Å². The Morgan fingerprint density at radius 3 is 2.50 bits per heavy atom. The maximum Gasteiger partial charge on any atom is 0.313 e. The second-order valence-electron chi connectivity index (χ2n) is 3.94. The third-order valence-corrected chi connectivity index (χ3v) is 4.95. The van der Waals surface area contributed by atoms with Crippen LogP contribution in [0, 0.1) is 6.92 Å². The molecule has 0 aliphatic carbocycles. The largest absolute Gasteiger partial charge is 0.481 e. The first kappa shape index (κ1) is 16.1. The van der Waals surface area contributed by atoms with Gasteiger partial charge in [0.2, 0.25) is 0 Å². The van der Waals surface area contributed by atoms with Crippen LogP contribution in [0.5, 0.6) is 0 Å². The van der Waals surface area contributed by atoms with Gasteiger partial charge in [-0.1, -0.05) is 27.7 Å². The lowest BCUT2D eigenvalue weighted by Gasteiger charge is -2.11. The van der Waals surface area contributed by atoms with Gasteiger partial charge in [0.1, 0.15) is 0 Å². The highest BCUT2D eigenvalue weighted by Gasteiger charge is 2.15. The van der Waals surface area contributed by atoms with Gasteiger partial charge in [0.25, 0.3) is 0 Å². The molecule has 0 atom stereocenters. The Morgan fingerprint density at radius 1 is 1.35 bits per heavy atom. The van der Waals surface area contributed by atoms with Crippen LogP contribution in [0.15, 0.2) is 36.9 Å². The summed E-state index contributed by atoms with van der Waals surface area (Å²) in [6, 6.07) is 3.86. The first-order valence-corrected chi connectivity index (χ1v) is 8.80. The maximum absolute atomic E-state index is 10.7. The number of nitrogens with zero attached hydrogens (tertiary/aromatic N) is 2. The highest BCUT2D eigenvalue weighted by molar-refractivity contribution is 9.11. The monoisotopic (exact) mass is 482 g/mol. The molecule has 20 heavy (non-hydrogen) atoms. The minimum absolute atomic E-state index is 0.0256. The molecule has 8 heteroatoms. The van der Waals surface area contributed by atoms with E-state index in [0.29, 0.717) is 5.16 Å². The number of carboxylic acid groups (broad SMARTS) is 1. The van der Waals surface area contributed by atoms with Crippen molar-refractivity contribution in [1.82, 2.24) is 9.55 Å². The van der Waals surface area contributed by atoms with Crippen molar-refractivity contribution < 1.29 is 9.90 Å². The number of halogens is 3. The first-order chi connectivity index (χ1) is 9.38. The number of thioether (sulfide) groups is 1. The molecule has 1 aromatic carbocycles. The second-order valence-corrected chi connectivity index (χ2v) is 7.50. The van der Waals surface area contributed by atoms with Crippen LogP contribution in [0.25, 0.3) is 5.69 Å². The number of hydrogen-bond donors (Lipinski definition) is 1. The number of aromatic nitrogens is 2. The molecule has 4 nitrogen and oxygen atoms in total. The molecule has 0 aliphatic heterocycles. The predicted octanol–water partition coefficient (Wildman–Crippen LogP) is 4.64.